The number of benzene rings is 1. The van der Waals surface area contributed by atoms with Crippen molar-refractivity contribution >= 4 is 28.8 Å². The molecule has 1 fully saturated rings. The fourth-order valence-corrected chi connectivity index (χ4v) is 4.09. The van der Waals surface area contributed by atoms with Gasteiger partial charge in [0.2, 0.25) is 5.91 Å². The van der Waals surface area contributed by atoms with E-state index < -0.39 is 0 Å². The molecule has 2 heterocycles. The van der Waals surface area contributed by atoms with E-state index in [1.54, 1.807) is 4.90 Å². The number of piperidine rings is 1. The van der Waals surface area contributed by atoms with Crippen molar-refractivity contribution in [2.45, 2.75) is 38.3 Å². The molecular formula is C21H27N3O2S. The van der Waals surface area contributed by atoms with Crippen LogP contribution in [0.25, 0.3) is 0 Å². The van der Waals surface area contributed by atoms with Crippen molar-refractivity contribution in [1.29, 1.82) is 0 Å². The fraction of sp³-hybridized carbons (Fsp3) is 0.429. The Morgan fingerprint density at radius 2 is 2.00 bits per heavy atom. The second-order valence-corrected chi connectivity index (χ2v) is 7.98. The Morgan fingerprint density at radius 3 is 2.70 bits per heavy atom. The summed E-state index contributed by atoms with van der Waals surface area (Å²) >= 11 is 1.43. The number of hydrogen-bond donors (Lipinski definition) is 1. The summed E-state index contributed by atoms with van der Waals surface area (Å²) in [6.07, 6.45) is 2.66. The van der Waals surface area contributed by atoms with E-state index in [1.807, 2.05) is 42.8 Å². The standard InChI is InChI=1S/C21H27N3O2S/c1-16(23(2)17-9-4-3-5-10-17)15-22-20(25)18-11-6-7-13-24(18)21(26)19-12-8-14-27-19/h3-5,8-10,12,14,16,18H,6-7,11,13,15H2,1-2H3,(H,22,25). The molecule has 2 amide bonds. The van der Waals surface area contributed by atoms with Crippen molar-refractivity contribution < 1.29 is 9.59 Å². The maximum Gasteiger partial charge on any atom is 0.264 e. The van der Waals surface area contributed by atoms with Gasteiger partial charge in [-0.15, -0.1) is 11.3 Å². The molecule has 5 nitrogen and oxygen atoms in total. The van der Waals surface area contributed by atoms with Gasteiger partial charge in [-0.2, -0.15) is 0 Å². The molecule has 0 saturated carbocycles. The van der Waals surface area contributed by atoms with Gasteiger partial charge in [0.25, 0.3) is 5.91 Å². The first kappa shape index (κ1) is 19.4. The molecule has 0 aliphatic carbocycles. The van der Waals surface area contributed by atoms with Crippen molar-refractivity contribution in [2.24, 2.45) is 0 Å². The highest BCUT2D eigenvalue weighted by Crippen LogP contribution is 2.22. The van der Waals surface area contributed by atoms with Crippen LogP contribution in [0, 0.1) is 0 Å². The first-order valence-electron chi connectivity index (χ1n) is 9.48. The number of likely N-dealkylation sites (N-methyl/N-ethyl adjacent to an activating group) is 1. The van der Waals surface area contributed by atoms with Crippen molar-refractivity contribution in [3.8, 4) is 0 Å². The van der Waals surface area contributed by atoms with Crippen LogP contribution in [0.4, 0.5) is 5.69 Å². The number of amides is 2. The lowest BCUT2D eigenvalue weighted by Crippen LogP contribution is -2.53. The van der Waals surface area contributed by atoms with Crippen LogP contribution >= 0.6 is 11.3 Å². The number of carbonyl (C=O) groups is 2. The third-order valence-corrected chi connectivity index (χ3v) is 6.05. The van der Waals surface area contributed by atoms with Gasteiger partial charge < -0.3 is 15.1 Å². The predicted octanol–water partition coefficient (Wildman–Crippen LogP) is 3.38. The monoisotopic (exact) mass is 385 g/mol. The minimum Gasteiger partial charge on any atom is -0.370 e. The Kier molecular flexibility index (Phi) is 6.50. The van der Waals surface area contributed by atoms with Gasteiger partial charge in [-0.3, -0.25) is 9.59 Å². The molecule has 3 rings (SSSR count). The first-order valence-corrected chi connectivity index (χ1v) is 10.4. The average Bonchev–Trinajstić information content (AvgIpc) is 3.26. The SMILES string of the molecule is CC(CNC(=O)C1CCCCN1C(=O)c1cccs1)N(C)c1ccccc1. The lowest BCUT2D eigenvalue weighted by atomic mass is 10.0. The van der Waals surface area contributed by atoms with Crippen LogP contribution in [-0.2, 0) is 4.79 Å². The number of para-hydroxylation sites is 1. The Morgan fingerprint density at radius 1 is 1.22 bits per heavy atom. The van der Waals surface area contributed by atoms with Crippen molar-refractivity contribution in [1.82, 2.24) is 10.2 Å². The number of anilines is 1. The lowest BCUT2D eigenvalue weighted by molar-refractivity contribution is -0.126. The first-order chi connectivity index (χ1) is 13.1. The van der Waals surface area contributed by atoms with Gasteiger partial charge in [-0.05, 0) is 49.8 Å². The zero-order valence-electron chi connectivity index (χ0n) is 15.9. The highest BCUT2D eigenvalue weighted by molar-refractivity contribution is 7.12. The molecule has 1 aliphatic rings. The second-order valence-electron chi connectivity index (χ2n) is 7.03. The van der Waals surface area contributed by atoms with Crippen LogP contribution in [-0.4, -0.2) is 48.9 Å². The summed E-state index contributed by atoms with van der Waals surface area (Å²) in [5.41, 5.74) is 1.12. The van der Waals surface area contributed by atoms with Crippen LogP contribution in [0.5, 0.6) is 0 Å². The molecule has 27 heavy (non-hydrogen) atoms. The van der Waals surface area contributed by atoms with Gasteiger partial charge >= 0.3 is 0 Å². The Balaban J connectivity index is 1.59. The number of nitrogens with zero attached hydrogens (tertiary/aromatic N) is 2. The van der Waals surface area contributed by atoms with E-state index in [1.165, 1.54) is 11.3 Å². The molecule has 0 bridgehead atoms. The van der Waals surface area contributed by atoms with Gasteiger partial charge in [0, 0.05) is 31.9 Å². The van der Waals surface area contributed by atoms with Gasteiger partial charge in [-0.25, -0.2) is 0 Å². The molecule has 1 aromatic heterocycles. The zero-order valence-corrected chi connectivity index (χ0v) is 16.7. The quantitative estimate of drug-likeness (QED) is 0.829. The molecule has 2 aromatic rings. The van der Waals surface area contributed by atoms with Gasteiger partial charge in [-0.1, -0.05) is 24.3 Å². The number of likely N-dealkylation sites (tertiary alicyclic amines) is 1. The van der Waals surface area contributed by atoms with E-state index in [-0.39, 0.29) is 23.9 Å². The third kappa shape index (κ3) is 4.69. The summed E-state index contributed by atoms with van der Waals surface area (Å²) in [7, 11) is 2.03. The maximum atomic E-state index is 12.8. The fourth-order valence-electron chi connectivity index (χ4n) is 3.41. The van der Waals surface area contributed by atoms with E-state index in [9.17, 15) is 9.59 Å². The Bertz CT molecular complexity index is 748. The minimum atomic E-state index is -0.373. The highest BCUT2D eigenvalue weighted by Gasteiger charge is 2.33. The van der Waals surface area contributed by atoms with E-state index in [4.69, 9.17) is 0 Å². The van der Waals surface area contributed by atoms with E-state index >= 15 is 0 Å². The number of thiophene rings is 1. The highest BCUT2D eigenvalue weighted by atomic mass is 32.1. The number of hydrogen-bond acceptors (Lipinski definition) is 4. The second kappa shape index (κ2) is 9.04. The molecule has 2 unspecified atom stereocenters. The minimum absolute atomic E-state index is 0.0284. The summed E-state index contributed by atoms with van der Waals surface area (Å²) in [5.74, 6) is -0.0766. The van der Waals surface area contributed by atoms with Crippen LogP contribution < -0.4 is 10.2 Å². The van der Waals surface area contributed by atoms with Gasteiger partial charge in [0.1, 0.15) is 6.04 Å². The number of rotatable bonds is 6. The van der Waals surface area contributed by atoms with Gasteiger partial charge in [0.15, 0.2) is 0 Å². The number of carbonyl (C=O) groups excluding carboxylic acids is 2. The topological polar surface area (TPSA) is 52.7 Å². The molecule has 0 spiro atoms. The normalized spacial score (nSPS) is 18.0. The molecule has 1 aliphatic heterocycles. The maximum absolute atomic E-state index is 12.8. The molecule has 0 radical (unpaired) electrons. The molecule has 144 valence electrons. The summed E-state index contributed by atoms with van der Waals surface area (Å²) in [4.78, 5) is 30.2. The predicted molar refractivity (Wildman–Crippen MR) is 110 cm³/mol. The van der Waals surface area contributed by atoms with E-state index in [0.717, 1.165) is 24.9 Å². The molecule has 6 heteroatoms. The van der Waals surface area contributed by atoms with Crippen LogP contribution in [0.15, 0.2) is 47.8 Å². The van der Waals surface area contributed by atoms with Crippen LogP contribution in [0.1, 0.15) is 35.9 Å². The average molecular weight is 386 g/mol. The Hall–Kier alpha value is -2.34. The van der Waals surface area contributed by atoms with E-state index in [0.29, 0.717) is 18.0 Å². The van der Waals surface area contributed by atoms with Gasteiger partial charge in [0.05, 0.1) is 4.88 Å². The number of nitrogens with one attached hydrogen (secondary N) is 1. The Labute approximate surface area is 165 Å². The van der Waals surface area contributed by atoms with Crippen molar-refractivity contribution in [3.63, 3.8) is 0 Å². The largest absolute Gasteiger partial charge is 0.370 e. The summed E-state index contributed by atoms with van der Waals surface area (Å²) in [6, 6.07) is 13.6. The molecular weight excluding hydrogens is 358 g/mol. The summed E-state index contributed by atoms with van der Waals surface area (Å²) < 4.78 is 0. The van der Waals surface area contributed by atoms with E-state index in [2.05, 4.69) is 29.3 Å². The summed E-state index contributed by atoms with van der Waals surface area (Å²) in [5, 5.41) is 4.96. The molecule has 2 atom stereocenters. The molecule has 1 saturated heterocycles. The zero-order chi connectivity index (χ0) is 19.2. The third-order valence-electron chi connectivity index (χ3n) is 5.19. The van der Waals surface area contributed by atoms with Crippen molar-refractivity contribution in [2.75, 3.05) is 25.0 Å². The smallest absolute Gasteiger partial charge is 0.264 e. The molecule has 1 N–H and O–H groups in total. The molecule has 1 aromatic carbocycles. The van der Waals surface area contributed by atoms with Crippen LogP contribution in [0.2, 0.25) is 0 Å². The van der Waals surface area contributed by atoms with Crippen LogP contribution in [0.3, 0.4) is 0 Å². The lowest BCUT2D eigenvalue weighted by Gasteiger charge is -2.35. The summed E-state index contributed by atoms with van der Waals surface area (Å²) in [6.45, 7) is 3.28. The van der Waals surface area contributed by atoms with Crippen molar-refractivity contribution in [3.05, 3.63) is 52.7 Å².